The maximum atomic E-state index is 12.8. The third-order valence-corrected chi connectivity index (χ3v) is 4.94. The first-order chi connectivity index (χ1) is 13.6. The Bertz CT molecular complexity index is 974. The summed E-state index contributed by atoms with van der Waals surface area (Å²) >= 11 is 0. The average Bonchev–Trinajstić information content (AvgIpc) is 3.24. The number of nitrogens with zero attached hydrogens (tertiary/aromatic N) is 4. The quantitative estimate of drug-likeness (QED) is 0.762. The van der Waals surface area contributed by atoms with E-state index in [2.05, 4.69) is 15.2 Å². The molecule has 3 aromatic rings. The topological polar surface area (TPSA) is 82.2 Å². The van der Waals surface area contributed by atoms with E-state index in [1.54, 1.807) is 28.3 Å². The number of carbonyl (C=O) groups excluding carboxylic acids is 2. The predicted octanol–water partition coefficient (Wildman–Crippen LogP) is 2.38. The zero-order chi connectivity index (χ0) is 19.5. The van der Waals surface area contributed by atoms with Gasteiger partial charge >= 0.3 is 0 Å². The Kier molecular flexibility index (Phi) is 4.89. The van der Waals surface area contributed by atoms with Gasteiger partial charge in [-0.25, -0.2) is 0 Å². The van der Waals surface area contributed by atoms with Crippen LogP contribution in [0.5, 0.6) is 0 Å². The van der Waals surface area contributed by atoms with E-state index in [1.807, 2.05) is 43.3 Å². The standard InChI is InChI=1S/C21H21N5O2/c1-15-2-4-17(5-3-15)20(27)25-10-12-26(13-11-25)21(28)19-14-18(23-24-19)16-6-8-22-9-7-16/h2-9,14H,10-13H2,1H3,(H,23,24). The van der Waals surface area contributed by atoms with Crippen LogP contribution in [0.1, 0.15) is 26.4 Å². The number of aromatic nitrogens is 3. The van der Waals surface area contributed by atoms with E-state index < -0.39 is 0 Å². The lowest BCUT2D eigenvalue weighted by Crippen LogP contribution is -2.50. The number of H-pyrrole nitrogens is 1. The summed E-state index contributed by atoms with van der Waals surface area (Å²) in [5.74, 6) is -0.0937. The molecule has 1 aromatic carbocycles. The highest BCUT2D eigenvalue weighted by atomic mass is 16.2. The van der Waals surface area contributed by atoms with Crippen molar-refractivity contribution in [2.24, 2.45) is 0 Å². The lowest BCUT2D eigenvalue weighted by Gasteiger charge is -2.34. The Morgan fingerprint density at radius 1 is 0.893 bits per heavy atom. The SMILES string of the molecule is Cc1ccc(C(=O)N2CCN(C(=O)c3cc(-c4ccncc4)n[nH]3)CC2)cc1. The molecule has 3 heterocycles. The van der Waals surface area contributed by atoms with Crippen molar-refractivity contribution < 1.29 is 9.59 Å². The van der Waals surface area contributed by atoms with Crippen molar-refractivity contribution in [2.45, 2.75) is 6.92 Å². The molecule has 142 valence electrons. The number of nitrogens with one attached hydrogen (secondary N) is 1. The average molecular weight is 375 g/mol. The number of pyridine rings is 1. The van der Waals surface area contributed by atoms with Gasteiger partial charge in [0.2, 0.25) is 0 Å². The van der Waals surface area contributed by atoms with Gasteiger partial charge < -0.3 is 9.80 Å². The Balaban J connectivity index is 1.38. The molecule has 0 spiro atoms. The molecule has 7 nitrogen and oxygen atoms in total. The summed E-state index contributed by atoms with van der Waals surface area (Å²) in [6, 6.07) is 13.0. The van der Waals surface area contributed by atoms with E-state index in [1.165, 1.54) is 0 Å². The van der Waals surface area contributed by atoms with Crippen molar-refractivity contribution in [1.29, 1.82) is 0 Å². The van der Waals surface area contributed by atoms with E-state index in [0.717, 1.165) is 11.1 Å². The highest BCUT2D eigenvalue weighted by Gasteiger charge is 2.26. The summed E-state index contributed by atoms with van der Waals surface area (Å²) in [5, 5.41) is 7.05. The fourth-order valence-electron chi connectivity index (χ4n) is 3.26. The molecule has 1 saturated heterocycles. The molecule has 28 heavy (non-hydrogen) atoms. The molecule has 0 radical (unpaired) electrons. The minimum atomic E-state index is -0.102. The van der Waals surface area contributed by atoms with Crippen LogP contribution in [0.4, 0.5) is 0 Å². The minimum Gasteiger partial charge on any atom is -0.335 e. The van der Waals surface area contributed by atoms with Gasteiger partial charge in [-0.3, -0.25) is 19.7 Å². The highest BCUT2D eigenvalue weighted by Crippen LogP contribution is 2.18. The van der Waals surface area contributed by atoms with Crippen molar-refractivity contribution in [3.8, 4) is 11.3 Å². The third kappa shape index (κ3) is 3.64. The molecule has 0 unspecified atom stereocenters. The summed E-state index contributed by atoms with van der Waals surface area (Å²) in [6.45, 7) is 4.03. The van der Waals surface area contributed by atoms with Gasteiger partial charge in [0, 0.05) is 49.7 Å². The van der Waals surface area contributed by atoms with Crippen LogP contribution < -0.4 is 0 Å². The van der Waals surface area contributed by atoms with Crippen molar-refractivity contribution in [1.82, 2.24) is 25.0 Å². The van der Waals surface area contributed by atoms with Gasteiger partial charge in [-0.2, -0.15) is 5.10 Å². The van der Waals surface area contributed by atoms with Crippen molar-refractivity contribution in [3.63, 3.8) is 0 Å². The van der Waals surface area contributed by atoms with Gasteiger partial charge in [-0.15, -0.1) is 0 Å². The second kappa shape index (κ2) is 7.64. The molecule has 1 fully saturated rings. The fraction of sp³-hybridized carbons (Fsp3) is 0.238. The first-order valence-electron chi connectivity index (χ1n) is 9.23. The normalized spacial score (nSPS) is 14.2. The van der Waals surface area contributed by atoms with E-state index >= 15 is 0 Å². The molecular weight excluding hydrogens is 354 g/mol. The first kappa shape index (κ1) is 17.9. The molecule has 2 amide bonds. The number of piperazine rings is 1. The molecule has 7 heteroatoms. The minimum absolute atomic E-state index is 0.00797. The van der Waals surface area contributed by atoms with Crippen LogP contribution >= 0.6 is 0 Å². The first-order valence-corrected chi connectivity index (χ1v) is 9.23. The second-order valence-electron chi connectivity index (χ2n) is 6.85. The molecule has 1 aliphatic rings. The largest absolute Gasteiger partial charge is 0.335 e. The lowest BCUT2D eigenvalue weighted by atomic mass is 10.1. The Morgan fingerprint density at radius 2 is 1.50 bits per heavy atom. The van der Waals surface area contributed by atoms with Gasteiger partial charge in [0.05, 0.1) is 5.69 Å². The van der Waals surface area contributed by atoms with Crippen LogP contribution in [0.3, 0.4) is 0 Å². The van der Waals surface area contributed by atoms with Gasteiger partial charge in [0.15, 0.2) is 0 Å². The summed E-state index contributed by atoms with van der Waals surface area (Å²) < 4.78 is 0. The maximum absolute atomic E-state index is 12.8. The number of hydrogen-bond acceptors (Lipinski definition) is 4. The molecule has 0 bridgehead atoms. The number of rotatable bonds is 3. The predicted molar refractivity (Wildman–Crippen MR) is 105 cm³/mol. The summed E-state index contributed by atoms with van der Waals surface area (Å²) in [5.41, 5.74) is 3.86. The summed E-state index contributed by atoms with van der Waals surface area (Å²) in [6.07, 6.45) is 3.38. The number of carbonyl (C=O) groups is 2. The van der Waals surface area contributed by atoms with Crippen LogP contribution in [0.15, 0.2) is 54.9 Å². The molecule has 4 rings (SSSR count). The Morgan fingerprint density at radius 3 is 2.14 bits per heavy atom. The summed E-state index contributed by atoms with van der Waals surface area (Å²) in [7, 11) is 0. The zero-order valence-electron chi connectivity index (χ0n) is 15.6. The van der Waals surface area contributed by atoms with E-state index in [9.17, 15) is 9.59 Å². The smallest absolute Gasteiger partial charge is 0.272 e. The van der Waals surface area contributed by atoms with Gasteiger partial charge in [0.1, 0.15) is 5.69 Å². The molecule has 2 aromatic heterocycles. The molecule has 0 atom stereocenters. The molecule has 1 N–H and O–H groups in total. The Labute approximate surface area is 163 Å². The summed E-state index contributed by atoms with van der Waals surface area (Å²) in [4.78, 5) is 32.9. The van der Waals surface area contributed by atoms with Gasteiger partial charge in [0.25, 0.3) is 11.8 Å². The number of amides is 2. The van der Waals surface area contributed by atoms with Crippen LogP contribution in [0, 0.1) is 6.92 Å². The van der Waals surface area contributed by atoms with Crippen LogP contribution in [-0.4, -0.2) is 63.0 Å². The fourth-order valence-corrected chi connectivity index (χ4v) is 3.26. The number of benzene rings is 1. The lowest BCUT2D eigenvalue weighted by molar-refractivity contribution is 0.0532. The van der Waals surface area contributed by atoms with Gasteiger partial charge in [-0.05, 0) is 37.3 Å². The van der Waals surface area contributed by atoms with Crippen molar-refractivity contribution in [3.05, 3.63) is 71.7 Å². The third-order valence-electron chi connectivity index (χ3n) is 4.94. The van der Waals surface area contributed by atoms with Crippen LogP contribution in [0.25, 0.3) is 11.3 Å². The zero-order valence-corrected chi connectivity index (χ0v) is 15.6. The number of hydrogen-bond donors (Lipinski definition) is 1. The van der Waals surface area contributed by atoms with Crippen molar-refractivity contribution >= 4 is 11.8 Å². The van der Waals surface area contributed by atoms with Crippen LogP contribution in [-0.2, 0) is 0 Å². The molecule has 0 aliphatic carbocycles. The molecule has 1 aliphatic heterocycles. The van der Waals surface area contributed by atoms with Gasteiger partial charge in [-0.1, -0.05) is 17.7 Å². The maximum Gasteiger partial charge on any atom is 0.272 e. The molecule has 0 saturated carbocycles. The second-order valence-corrected chi connectivity index (χ2v) is 6.85. The highest BCUT2D eigenvalue weighted by molar-refractivity contribution is 5.95. The van der Waals surface area contributed by atoms with E-state index in [0.29, 0.717) is 43.1 Å². The van der Waals surface area contributed by atoms with E-state index in [-0.39, 0.29) is 11.8 Å². The monoisotopic (exact) mass is 375 g/mol. The van der Waals surface area contributed by atoms with Crippen LogP contribution in [0.2, 0.25) is 0 Å². The number of aromatic amines is 1. The number of aryl methyl sites for hydroxylation is 1. The Hall–Kier alpha value is -3.48. The van der Waals surface area contributed by atoms with E-state index in [4.69, 9.17) is 0 Å². The van der Waals surface area contributed by atoms with Crippen molar-refractivity contribution in [2.75, 3.05) is 26.2 Å². The molecular formula is C21H21N5O2.